The van der Waals surface area contributed by atoms with Crippen LogP contribution in [-0.2, 0) is 9.53 Å². The molecule has 0 saturated carbocycles. The van der Waals surface area contributed by atoms with Gasteiger partial charge in [-0.15, -0.1) is 0 Å². The Morgan fingerprint density at radius 2 is 2.13 bits per heavy atom. The van der Waals surface area contributed by atoms with Gasteiger partial charge in [0, 0.05) is 0 Å². The van der Waals surface area contributed by atoms with Gasteiger partial charge in [-0.3, -0.25) is 5.43 Å². The molecule has 0 radical (unpaired) electrons. The average Bonchev–Trinajstić information content (AvgIpc) is 2.26. The fraction of sp³-hybridized carbons (Fsp3) is 0.200. The molecule has 0 aliphatic carbocycles. The number of anilines is 1. The summed E-state index contributed by atoms with van der Waals surface area (Å²) in [5.41, 5.74) is 4.48. The van der Waals surface area contributed by atoms with Crippen molar-refractivity contribution in [3.8, 4) is 0 Å². The maximum Gasteiger partial charge on any atom is 0.370 e. The summed E-state index contributed by atoms with van der Waals surface area (Å²) in [5, 5.41) is 3.45. The molecule has 0 aliphatic rings. The number of nitrogens with one attached hydrogen (secondary N) is 1. The van der Waals surface area contributed by atoms with Gasteiger partial charge in [0.1, 0.15) is 0 Å². The fourth-order valence-corrected chi connectivity index (χ4v) is 1.06. The van der Waals surface area contributed by atoms with Crippen LogP contribution in [-0.4, -0.2) is 18.2 Å². The number of benzene rings is 1. The number of carbonyl (C=O) groups excluding carboxylic acids is 1. The van der Waals surface area contributed by atoms with E-state index in [1.807, 2.05) is 31.2 Å². The smallest absolute Gasteiger partial charge is 0.370 e. The third-order valence-corrected chi connectivity index (χ3v) is 2.01. The number of esters is 1. The third kappa shape index (κ3) is 3.25. The molecule has 0 saturated heterocycles. The molecule has 80 valence electrons. The van der Waals surface area contributed by atoms with Gasteiger partial charge < -0.3 is 4.74 Å². The Bertz CT molecular complexity index is 391. The van der Waals surface area contributed by atoms with E-state index in [4.69, 9.17) is 11.6 Å². The van der Waals surface area contributed by atoms with Gasteiger partial charge in [0.15, 0.2) is 0 Å². The molecular weight excluding hydrogens is 216 g/mol. The molecule has 5 heteroatoms. The summed E-state index contributed by atoms with van der Waals surface area (Å²) in [6, 6.07) is 7.52. The van der Waals surface area contributed by atoms with Gasteiger partial charge in [0.25, 0.3) is 0 Å². The zero-order chi connectivity index (χ0) is 11.3. The summed E-state index contributed by atoms with van der Waals surface area (Å²) in [6.07, 6.45) is 0. The van der Waals surface area contributed by atoms with Gasteiger partial charge in [-0.1, -0.05) is 29.8 Å². The quantitative estimate of drug-likeness (QED) is 0.488. The molecule has 0 atom stereocenters. The maximum absolute atomic E-state index is 10.9. The number of halogens is 1. The number of aryl methyl sites for hydroxylation is 1. The largest absolute Gasteiger partial charge is 0.464 e. The molecule has 0 bridgehead atoms. The van der Waals surface area contributed by atoms with Crippen LogP contribution < -0.4 is 5.43 Å². The minimum absolute atomic E-state index is 0.235. The topological polar surface area (TPSA) is 50.7 Å². The molecule has 1 aromatic rings. The Hall–Kier alpha value is -1.55. The van der Waals surface area contributed by atoms with Crippen molar-refractivity contribution < 1.29 is 9.53 Å². The van der Waals surface area contributed by atoms with E-state index in [0.29, 0.717) is 0 Å². The van der Waals surface area contributed by atoms with Crippen LogP contribution in [0.4, 0.5) is 5.69 Å². The highest BCUT2D eigenvalue weighted by Gasteiger charge is 2.07. The Labute approximate surface area is 92.9 Å². The number of methoxy groups -OCH3 is 1. The van der Waals surface area contributed by atoms with Crippen molar-refractivity contribution in [1.82, 2.24) is 0 Å². The maximum atomic E-state index is 10.9. The van der Waals surface area contributed by atoms with E-state index in [9.17, 15) is 4.79 Å². The summed E-state index contributed by atoms with van der Waals surface area (Å²) < 4.78 is 4.39. The number of nitrogens with zero attached hydrogens (tertiary/aromatic N) is 1. The molecule has 0 aliphatic heterocycles. The van der Waals surface area contributed by atoms with Crippen molar-refractivity contribution in [1.29, 1.82) is 0 Å². The van der Waals surface area contributed by atoms with Crippen LogP contribution in [0, 0.1) is 6.92 Å². The first kappa shape index (κ1) is 11.5. The van der Waals surface area contributed by atoms with E-state index in [2.05, 4.69) is 15.3 Å². The summed E-state index contributed by atoms with van der Waals surface area (Å²) in [6.45, 7) is 1.92. The Kier molecular flexibility index (Phi) is 4.12. The first-order chi connectivity index (χ1) is 7.15. The molecule has 1 rings (SSSR count). The van der Waals surface area contributed by atoms with Crippen LogP contribution in [0.5, 0.6) is 0 Å². The summed E-state index contributed by atoms with van der Waals surface area (Å²) in [7, 11) is 1.24. The Morgan fingerprint density at radius 3 is 2.73 bits per heavy atom. The van der Waals surface area contributed by atoms with E-state index >= 15 is 0 Å². The lowest BCUT2D eigenvalue weighted by Gasteiger charge is -2.03. The molecule has 4 nitrogen and oxygen atoms in total. The van der Waals surface area contributed by atoms with Crippen LogP contribution in [0.2, 0.25) is 0 Å². The number of rotatable bonds is 3. The molecule has 1 aromatic carbocycles. The summed E-state index contributed by atoms with van der Waals surface area (Å²) >= 11 is 5.55. The lowest BCUT2D eigenvalue weighted by molar-refractivity contribution is -0.132. The molecule has 0 aromatic heterocycles. The van der Waals surface area contributed by atoms with E-state index < -0.39 is 5.97 Å². The van der Waals surface area contributed by atoms with E-state index in [1.165, 1.54) is 7.11 Å². The molecule has 0 heterocycles. The average molecular weight is 227 g/mol. The van der Waals surface area contributed by atoms with Gasteiger partial charge in [-0.05, 0) is 18.6 Å². The lowest BCUT2D eigenvalue weighted by Crippen LogP contribution is -2.11. The highest BCUT2D eigenvalue weighted by atomic mass is 35.5. The van der Waals surface area contributed by atoms with Gasteiger partial charge in [-0.25, -0.2) is 4.79 Å². The zero-order valence-corrected chi connectivity index (χ0v) is 9.21. The number of hydrazone groups is 1. The second kappa shape index (κ2) is 5.36. The molecule has 0 unspecified atom stereocenters. The standard InChI is InChI=1S/C10H11ClN2O2/c1-7-5-3-4-6-8(7)12-13-9(11)10(14)15-2/h3-6,12H,1-2H3/b13-9+. The normalized spacial score (nSPS) is 11.0. The lowest BCUT2D eigenvalue weighted by atomic mass is 10.2. The van der Waals surface area contributed by atoms with E-state index in [1.54, 1.807) is 0 Å². The molecular formula is C10H11ClN2O2. The molecule has 15 heavy (non-hydrogen) atoms. The highest BCUT2D eigenvalue weighted by molar-refractivity contribution is 6.82. The van der Waals surface area contributed by atoms with Crippen molar-refractivity contribution in [2.24, 2.45) is 5.10 Å². The monoisotopic (exact) mass is 226 g/mol. The minimum atomic E-state index is -0.669. The van der Waals surface area contributed by atoms with Crippen LogP contribution in [0.1, 0.15) is 5.56 Å². The van der Waals surface area contributed by atoms with E-state index in [-0.39, 0.29) is 5.17 Å². The first-order valence-electron chi connectivity index (χ1n) is 4.28. The van der Waals surface area contributed by atoms with Gasteiger partial charge in [0.2, 0.25) is 5.17 Å². The van der Waals surface area contributed by atoms with Crippen LogP contribution in [0.15, 0.2) is 29.4 Å². The predicted octanol–water partition coefficient (Wildman–Crippen LogP) is 2.13. The summed E-state index contributed by atoms with van der Waals surface area (Å²) in [4.78, 5) is 10.9. The van der Waals surface area contributed by atoms with Crippen molar-refractivity contribution in [3.05, 3.63) is 29.8 Å². The van der Waals surface area contributed by atoms with Crippen molar-refractivity contribution in [3.63, 3.8) is 0 Å². The molecule has 0 fully saturated rings. The van der Waals surface area contributed by atoms with Crippen LogP contribution in [0.3, 0.4) is 0 Å². The number of carbonyl (C=O) groups is 1. The molecule has 0 spiro atoms. The van der Waals surface area contributed by atoms with Crippen molar-refractivity contribution >= 4 is 28.4 Å². The van der Waals surface area contributed by atoms with Gasteiger partial charge in [-0.2, -0.15) is 5.10 Å². The number of para-hydroxylation sites is 1. The number of hydrogen-bond acceptors (Lipinski definition) is 4. The summed E-state index contributed by atoms with van der Waals surface area (Å²) in [5.74, 6) is -0.669. The first-order valence-corrected chi connectivity index (χ1v) is 4.66. The van der Waals surface area contributed by atoms with Crippen molar-refractivity contribution in [2.45, 2.75) is 6.92 Å². The van der Waals surface area contributed by atoms with Crippen LogP contribution >= 0.6 is 11.6 Å². The Balaban J connectivity index is 2.72. The predicted molar refractivity (Wildman–Crippen MR) is 60.1 cm³/mol. The number of hydrogen-bond donors (Lipinski definition) is 1. The molecule has 1 N–H and O–H groups in total. The van der Waals surface area contributed by atoms with E-state index in [0.717, 1.165) is 11.3 Å². The van der Waals surface area contributed by atoms with Gasteiger partial charge in [0.05, 0.1) is 12.8 Å². The van der Waals surface area contributed by atoms with Gasteiger partial charge >= 0.3 is 5.97 Å². The number of ether oxygens (including phenoxy) is 1. The highest BCUT2D eigenvalue weighted by Crippen LogP contribution is 2.12. The molecule has 0 amide bonds. The zero-order valence-electron chi connectivity index (χ0n) is 8.45. The second-order valence-electron chi connectivity index (χ2n) is 2.82. The Morgan fingerprint density at radius 1 is 1.47 bits per heavy atom. The van der Waals surface area contributed by atoms with Crippen molar-refractivity contribution in [2.75, 3.05) is 12.5 Å². The SMILES string of the molecule is COC(=O)/C(Cl)=N\Nc1ccccc1C. The second-order valence-corrected chi connectivity index (χ2v) is 3.18. The minimum Gasteiger partial charge on any atom is -0.464 e. The fourth-order valence-electron chi connectivity index (χ4n) is 0.938. The third-order valence-electron chi connectivity index (χ3n) is 1.77. The van der Waals surface area contributed by atoms with Crippen LogP contribution in [0.25, 0.3) is 0 Å².